The minimum atomic E-state index is 0.0171. The third-order valence-corrected chi connectivity index (χ3v) is 4.83. The first-order valence-corrected chi connectivity index (χ1v) is 9.13. The summed E-state index contributed by atoms with van der Waals surface area (Å²) in [5, 5.41) is 3.03. The van der Waals surface area contributed by atoms with Crippen LogP contribution in [-0.4, -0.2) is 50.8 Å². The number of rotatable bonds is 5. The van der Waals surface area contributed by atoms with Crippen molar-refractivity contribution in [3.63, 3.8) is 0 Å². The Bertz CT molecular complexity index is 722. The van der Waals surface area contributed by atoms with Crippen molar-refractivity contribution >= 4 is 11.7 Å². The van der Waals surface area contributed by atoms with Crippen LogP contribution in [0, 0.1) is 6.92 Å². The van der Waals surface area contributed by atoms with Crippen molar-refractivity contribution in [2.24, 2.45) is 0 Å². The van der Waals surface area contributed by atoms with Crippen molar-refractivity contribution in [2.45, 2.75) is 13.3 Å². The van der Waals surface area contributed by atoms with Crippen LogP contribution in [0.1, 0.15) is 11.1 Å². The van der Waals surface area contributed by atoms with Crippen LogP contribution in [0.2, 0.25) is 0 Å². The van der Waals surface area contributed by atoms with E-state index in [9.17, 15) is 4.79 Å². The van der Waals surface area contributed by atoms with Crippen LogP contribution in [0.3, 0.4) is 0 Å². The van der Waals surface area contributed by atoms with Crippen molar-refractivity contribution in [3.05, 3.63) is 59.7 Å². The number of hydrogen-bond donors (Lipinski definition) is 1. The molecule has 5 heteroatoms. The highest BCUT2D eigenvalue weighted by Gasteiger charge is 2.21. The van der Waals surface area contributed by atoms with E-state index < -0.39 is 0 Å². The van der Waals surface area contributed by atoms with Gasteiger partial charge in [0.2, 0.25) is 0 Å². The quantitative estimate of drug-likeness (QED) is 0.898. The monoisotopic (exact) mass is 353 g/mol. The largest absolute Gasteiger partial charge is 0.496 e. The molecule has 0 radical (unpaired) electrons. The molecule has 0 atom stereocenters. The van der Waals surface area contributed by atoms with E-state index in [0.29, 0.717) is 6.54 Å². The van der Waals surface area contributed by atoms with Gasteiger partial charge in [-0.2, -0.15) is 0 Å². The van der Waals surface area contributed by atoms with Gasteiger partial charge in [0.25, 0.3) is 0 Å². The summed E-state index contributed by atoms with van der Waals surface area (Å²) in [6.07, 6.45) is 0.763. The zero-order valence-corrected chi connectivity index (χ0v) is 15.6. The molecule has 0 unspecified atom stereocenters. The van der Waals surface area contributed by atoms with E-state index in [1.807, 2.05) is 29.2 Å². The number of aryl methyl sites for hydroxylation is 1. The first kappa shape index (κ1) is 18.1. The lowest BCUT2D eigenvalue weighted by molar-refractivity contribution is 0.194. The maximum absolute atomic E-state index is 12.4. The van der Waals surface area contributed by atoms with Gasteiger partial charge in [-0.1, -0.05) is 35.9 Å². The predicted molar refractivity (Wildman–Crippen MR) is 105 cm³/mol. The Balaban J connectivity index is 1.44. The number of nitrogens with one attached hydrogen (secondary N) is 1. The van der Waals surface area contributed by atoms with Gasteiger partial charge < -0.3 is 19.9 Å². The third-order valence-electron chi connectivity index (χ3n) is 4.83. The van der Waals surface area contributed by atoms with Crippen LogP contribution < -0.4 is 15.0 Å². The van der Waals surface area contributed by atoms with E-state index in [1.54, 1.807) is 7.11 Å². The first-order valence-electron chi connectivity index (χ1n) is 9.13. The number of benzene rings is 2. The summed E-state index contributed by atoms with van der Waals surface area (Å²) in [6.45, 7) is 5.92. The van der Waals surface area contributed by atoms with E-state index in [4.69, 9.17) is 4.74 Å². The van der Waals surface area contributed by atoms with E-state index in [0.717, 1.165) is 43.9 Å². The molecule has 0 bridgehead atoms. The van der Waals surface area contributed by atoms with Gasteiger partial charge >= 0.3 is 6.03 Å². The Morgan fingerprint density at radius 2 is 1.73 bits per heavy atom. The Kier molecular flexibility index (Phi) is 6.00. The van der Waals surface area contributed by atoms with Crippen LogP contribution >= 0.6 is 0 Å². The number of ether oxygens (including phenoxy) is 1. The Labute approximate surface area is 155 Å². The molecular formula is C21H27N3O2. The SMILES string of the molecule is COc1ccccc1CCNC(=O)N1CCN(c2ccc(C)cc2)CC1. The number of carbonyl (C=O) groups excluding carboxylic acids is 1. The number of piperazine rings is 1. The molecule has 1 N–H and O–H groups in total. The summed E-state index contributed by atoms with van der Waals surface area (Å²) in [5.74, 6) is 0.869. The minimum absolute atomic E-state index is 0.0171. The summed E-state index contributed by atoms with van der Waals surface area (Å²) >= 11 is 0. The summed E-state index contributed by atoms with van der Waals surface area (Å²) in [4.78, 5) is 16.6. The number of carbonyl (C=O) groups is 1. The highest BCUT2D eigenvalue weighted by molar-refractivity contribution is 5.74. The van der Waals surface area contributed by atoms with E-state index in [2.05, 4.69) is 41.4 Å². The first-order chi connectivity index (χ1) is 12.7. The van der Waals surface area contributed by atoms with Gasteiger partial charge in [-0.05, 0) is 37.1 Å². The van der Waals surface area contributed by atoms with Gasteiger partial charge in [0.05, 0.1) is 7.11 Å². The molecule has 138 valence electrons. The minimum Gasteiger partial charge on any atom is -0.496 e. The van der Waals surface area contributed by atoms with Gasteiger partial charge in [-0.25, -0.2) is 4.79 Å². The Hall–Kier alpha value is -2.69. The molecule has 1 aliphatic heterocycles. The fraction of sp³-hybridized carbons (Fsp3) is 0.381. The topological polar surface area (TPSA) is 44.8 Å². The van der Waals surface area contributed by atoms with Crippen molar-refractivity contribution in [1.82, 2.24) is 10.2 Å². The molecule has 1 aliphatic rings. The van der Waals surface area contributed by atoms with Gasteiger partial charge in [0.15, 0.2) is 0 Å². The van der Waals surface area contributed by atoms with Crippen LogP contribution in [0.5, 0.6) is 5.75 Å². The van der Waals surface area contributed by atoms with Crippen molar-refractivity contribution in [2.75, 3.05) is 44.7 Å². The normalized spacial score (nSPS) is 14.2. The summed E-state index contributed by atoms with van der Waals surface area (Å²) < 4.78 is 5.35. The molecular weight excluding hydrogens is 326 g/mol. The lowest BCUT2D eigenvalue weighted by atomic mass is 10.1. The third kappa shape index (κ3) is 4.48. The van der Waals surface area contributed by atoms with Gasteiger partial charge in [0.1, 0.15) is 5.75 Å². The van der Waals surface area contributed by atoms with Crippen molar-refractivity contribution in [3.8, 4) is 5.75 Å². The lowest BCUT2D eigenvalue weighted by Crippen LogP contribution is -2.52. The molecule has 0 spiro atoms. The predicted octanol–water partition coefficient (Wildman–Crippen LogP) is 3.08. The summed E-state index contributed by atoms with van der Waals surface area (Å²) in [5.41, 5.74) is 3.60. The second kappa shape index (κ2) is 8.61. The summed E-state index contributed by atoms with van der Waals surface area (Å²) in [6, 6.07) is 16.5. The van der Waals surface area contributed by atoms with E-state index >= 15 is 0 Å². The molecule has 1 saturated heterocycles. The molecule has 0 aromatic heterocycles. The molecule has 1 fully saturated rings. The average molecular weight is 353 g/mol. The van der Waals surface area contributed by atoms with Gasteiger partial charge in [-0.15, -0.1) is 0 Å². The molecule has 1 heterocycles. The molecule has 2 aromatic carbocycles. The molecule has 3 rings (SSSR count). The van der Waals surface area contributed by atoms with Crippen LogP contribution in [0.4, 0.5) is 10.5 Å². The van der Waals surface area contributed by atoms with Crippen LogP contribution in [0.25, 0.3) is 0 Å². The zero-order chi connectivity index (χ0) is 18.4. The molecule has 2 amide bonds. The maximum Gasteiger partial charge on any atom is 0.317 e. The number of amides is 2. The van der Waals surface area contributed by atoms with Gasteiger partial charge in [0, 0.05) is 38.4 Å². The van der Waals surface area contributed by atoms with E-state index in [1.165, 1.54) is 11.3 Å². The number of hydrogen-bond acceptors (Lipinski definition) is 3. The second-order valence-corrected chi connectivity index (χ2v) is 6.60. The molecule has 26 heavy (non-hydrogen) atoms. The number of para-hydroxylation sites is 1. The standard InChI is InChI=1S/C21H27N3O2/c1-17-7-9-19(10-8-17)23-13-15-24(16-14-23)21(25)22-12-11-18-5-3-4-6-20(18)26-2/h3-10H,11-16H2,1-2H3,(H,22,25). The summed E-state index contributed by atoms with van der Waals surface area (Å²) in [7, 11) is 1.67. The second-order valence-electron chi connectivity index (χ2n) is 6.60. The van der Waals surface area contributed by atoms with Gasteiger partial charge in [-0.3, -0.25) is 0 Å². The molecule has 0 saturated carbocycles. The maximum atomic E-state index is 12.4. The Morgan fingerprint density at radius 1 is 1.04 bits per heavy atom. The fourth-order valence-corrected chi connectivity index (χ4v) is 3.25. The van der Waals surface area contributed by atoms with Crippen molar-refractivity contribution < 1.29 is 9.53 Å². The van der Waals surface area contributed by atoms with Crippen LogP contribution in [-0.2, 0) is 6.42 Å². The highest BCUT2D eigenvalue weighted by atomic mass is 16.5. The number of nitrogens with zero attached hydrogens (tertiary/aromatic N) is 2. The number of methoxy groups -OCH3 is 1. The number of urea groups is 1. The lowest BCUT2D eigenvalue weighted by Gasteiger charge is -2.36. The number of anilines is 1. The highest BCUT2D eigenvalue weighted by Crippen LogP contribution is 2.18. The van der Waals surface area contributed by atoms with Crippen molar-refractivity contribution in [1.29, 1.82) is 0 Å². The molecule has 2 aromatic rings. The molecule has 5 nitrogen and oxygen atoms in total. The van der Waals surface area contributed by atoms with Crippen LogP contribution in [0.15, 0.2) is 48.5 Å². The Morgan fingerprint density at radius 3 is 2.42 bits per heavy atom. The average Bonchev–Trinajstić information content (AvgIpc) is 2.69. The molecule has 0 aliphatic carbocycles. The van der Waals surface area contributed by atoms with E-state index in [-0.39, 0.29) is 6.03 Å². The zero-order valence-electron chi connectivity index (χ0n) is 15.6. The smallest absolute Gasteiger partial charge is 0.317 e. The fourth-order valence-electron chi connectivity index (χ4n) is 3.25.